The van der Waals surface area contributed by atoms with Crippen LogP contribution in [0.3, 0.4) is 0 Å². The van der Waals surface area contributed by atoms with Gasteiger partial charge in [-0.15, -0.1) is 0 Å². The fourth-order valence-corrected chi connectivity index (χ4v) is 2.31. The molecule has 0 aliphatic rings. The molecule has 2 rings (SSSR count). The first-order valence-electron chi connectivity index (χ1n) is 7.85. The molecule has 1 heteroatoms. The van der Waals surface area contributed by atoms with E-state index >= 15 is 0 Å². The highest BCUT2D eigenvalue weighted by Gasteiger charge is 2.18. The normalized spacial score (nSPS) is 11.6. The number of hydrogen-bond acceptors (Lipinski definition) is 1. The van der Waals surface area contributed by atoms with Gasteiger partial charge in [0.2, 0.25) is 0 Å². The first kappa shape index (κ1) is 15.8. The molecule has 0 saturated carbocycles. The maximum Gasteiger partial charge on any atom is 0.0724 e. The Bertz CT molecular complexity index is 526. The third kappa shape index (κ3) is 5.35. The van der Waals surface area contributed by atoms with Gasteiger partial charge in [0.25, 0.3) is 0 Å². The van der Waals surface area contributed by atoms with Crippen LogP contribution in [0.5, 0.6) is 0 Å². The van der Waals surface area contributed by atoms with Crippen LogP contribution in [0.1, 0.15) is 43.9 Å². The van der Waals surface area contributed by atoms with Crippen molar-refractivity contribution in [2.75, 3.05) is 0 Å². The molecule has 0 unspecified atom stereocenters. The Kier molecular flexibility index (Phi) is 5.58. The highest BCUT2D eigenvalue weighted by atomic mass is 16.5. The molecule has 0 aromatic heterocycles. The quantitative estimate of drug-likeness (QED) is 0.680. The highest BCUT2D eigenvalue weighted by Crippen LogP contribution is 2.20. The molecule has 0 fully saturated rings. The molecule has 21 heavy (non-hydrogen) atoms. The number of hydrogen-bond donors (Lipinski definition) is 0. The molecule has 0 aliphatic heterocycles. The van der Waals surface area contributed by atoms with Crippen LogP contribution in [0.4, 0.5) is 0 Å². The lowest BCUT2D eigenvalue weighted by Gasteiger charge is -2.25. The lowest BCUT2D eigenvalue weighted by Crippen LogP contribution is -2.25. The lowest BCUT2D eigenvalue weighted by atomic mass is 9.97. The summed E-state index contributed by atoms with van der Waals surface area (Å²) in [5.74, 6) is 0. The lowest BCUT2D eigenvalue weighted by molar-refractivity contribution is -0.0346. The molecule has 0 bridgehead atoms. The smallest absolute Gasteiger partial charge is 0.0724 e. The molecule has 0 atom stereocenters. The minimum atomic E-state index is -0.0979. The Labute approximate surface area is 129 Å². The van der Waals surface area contributed by atoms with E-state index in [2.05, 4.69) is 69.3 Å². The Hall–Kier alpha value is -1.60. The molecule has 0 aliphatic carbocycles. The minimum absolute atomic E-state index is 0.0979. The molecule has 1 nitrogen and oxygen atoms in total. The van der Waals surface area contributed by atoms with Gasteiger partial charge < -0.3 is 4.74 Å². The first-order valence-corrected chi connectivity index (χ1v) is 7.85. The van der Waals surface area contributed by atoms with Crippen molar-refractivity contribution >= 4 is 0 Å². The average Bonchev–Trinajstić information content (AvgIpc) is 2.53. The molecule has 112 valence electrons. The van der Waals surface area contributed by atoms with E-state index in [1.54, 1.807) is 0 Å². The fraction of sp³-hybridized carbons (Fsp3) is 0.400. The van der Waals surface area contributed by atoms with Gasteiger partial charge in [-0.25, -0.2) is 0 Å². The van der Waals surface area contributed by atoms with Crippen molar-refractivity contribution in [2.45, 2.75) is 52.2 Å². The van der Waals surface area contributed by atoms with E-state index in [1.165, 1.54) is 16.7 Å². The summed E-state index contributed by atoms with van der Waals surface area (Å²) in [6, 6.07) is 19.3. The Morgan fingerprint density at radius 3 is 2.05 bits per heavy atom. The minimum Gasteiger partial charge on any atom is -0.371 e. The third-order valence-electron chi connectivity index (χ3n) is 3.92. The SMILES string of the molecule is CCc1ccc(CCC(C)(C)OCc2ccccc2)cc1. The third-order valence-corrected chi connectivity index (χ3v) is 3.92. The molecular weight excluding hydrogens is 256 g/mol. The van der Waals surface area contributed by atoms with Crippen LogP contribution in [0.2, 0.25) is 0 Å². The van der Waals surface area contributed by atoms with E-state index < -0.39 is 0 Å². The van der Waals surface area contributed by atoms with Gasteiger partial charge in [-0.3, -0.25) is 0 Å². The second-order valence-corrected chi connectivity index (χ2v) is 6.20. The summed E-state index contributed by atoms with van der Waals surface area (Å²) < 4.78 is 6.08. The topological polar surface area (TPSA) is 9.23 Å². The van der Waals surface area contributed by atoms with Gasteiger partial charge in [-0.1, -0.05) is 61.5 Å². The zero-order chi connectivity index (χ0) is 15.1. The molecule has 0 N–H and O–H groups in total. The second kappa shape index (κ2) is 7.42. The van der Waals surface area contributed by atoms with Crippen LogP contribution >= 0.6 is 0 Å². The number of benzene rings is 2. The molecule has 0 heterocycles. The second-order valence-electron chi connectivity index (χ2n) is 6.20. The summed E-state index contributed by atoms with van der Waals surface area (Å²) >= 11 is 0. The fourth-order valence-electron chi connectivity index (χ4n) is 2.31. The number of rotatable bonds is 7. The van der Waals surface area contributed by atoms with Crippen molar-refractivity contribution in [1.82, 2.24) is 0 Å². The van der Waals surface area contributed by atoms with Crippen molar-refractivity contribution in [3.05, 3.63) is 71.3 Å². The Morgan fingerprint density at radius 1 is 0.810 bits per heavy atom. The summed E-state index contributed by atoms with van der Waals surface area (Å²) in [6.07, 6.45) is 3.20. The summed E-state index contributed by atoms with van der Waals surface area (Å²) in [6.45, 7) is 7.23. The molecular formula is C20H26O. The van der Waals surface area contributed by atoms with E-state index in [1.807, 2.05) is 6.07 Å². The van der Waals surface area contributed by atoms with E-state index in [4.69, 9.17) is 4.74 Å². The zero-order valence-electron chi connectivity index (χ0n) is 13.4. The van der Waals surface area contributed by atoms with Crippen LogP contribution in [-0.2, 0) is 24.2 Å². The molecule has 0 radical (unpaired) electrons. The summed E-state index contributed by atoms with van der Waals surface area (Å²) in [4.78, 5) is 0. The summed E-state index contributed by atoms with van der Waals surface area (Å²) in [7, 11) is 0. The maximum atomic E-state index is 6.08. The Morgan fingerprint density at radius 2 is 1.43 bits per heavy atom. The zero-order valence-corrected chi connectivity index (χ0v) is 13.4. The van der Waals surface area contributed by atoms with Gasteiger partial charge >= 0.3 is 0 Å². The van der Waals surface area contributed by atoms with Crippen LogP contribution in [-0.4, -0.2) is 5.60 Å². The number of ether oxygens (including phenoxy) is 1. The van der Waals surface area contributed by atoms with Gasteiger partial charge in [-0.2, -0.15) is 0 Å². The maximum absolute atomic E-state index is 6.08. The van der Waals surface area contributed by atoms with Crippen molar-refractivity contribution in [2.24, 2.45) is 0 Å². The Balaban J connectivity index is 1.82. The van der Waals surface area contributed by atoms with Gasteiger partial charge in [0.15, 0.2) is 0 Å². The van der Waals surface area contributed by atoms with E-state index in [0.29, 0.717) is 6.61 Å². The van der Waals surface area contributed by atoms with Gasteiger partial charge in [0.1, 0.15) is 0 Å². The summed E-state index contributed by atoms with van der Waals surface area (Å²) in [5.41, 5.74) is 3.93. The van der Waals surface area contributed by atoms with Crippen molar-refractivity contribution < 1.29 is 4.74 Å². The molecule has 0 spiro atoms. The first-order chi connectivity index (χ1) is 10.1. The molecule has 2 aromatic carbocycles. The monoisotopic (exact) mass is 282 g/mol. The van der Waals surface area contributed by atoms with Crippen molar-refractivity contribution in [3.63, 3.8) is 0 Å². The predicted octanol–water partition coefficient (Wildman–Crippen LogP) is 5.18. The summed E-state index contributed by atoms with van der Waals surface area (Å²) in [5, 5.41) is 0. The van der Waals surface area contributed by atoms with E-state index in [-0.39, 0.29) is 5.60 Å². The van der Waals surface area contributed by atoms with Crippen LogP contribution in [0, 0.1) is 0 Å². The van der Waals surface area contributed by atoms with E-state index in [9.17, 15) is 0 Å². The standard InChI is InChI=1S/C20H26O/c1-4-17-10-12-18(13-11-17)14-15-20(2,3)21-16-19-8-6-5-7-9-19/h5-13H,4,14-16H2,1-3H3. The van der Waals surface area contributed by atoms with Gasteiger partial charge in [0, 0.05) is 0 Å². The van der Waals surface area contributed by atoms with Gasteiger partial charge in [0.05, 0.1) is 12.2 Å². The van der Waals surface area contributed by atoms with Crippen molar-refractivity contribution in [3.8, 4) is 0 Å². The van der Waals surface area contributed by atoms with E-state index in [0.717, 1.165) is 19.3 Å². The van der Waals surface area contributed by atoms with Crippen LogP contribution in [0.25, 0.3) is 0 Å². The number of aryl methyl sites for hydroxylation is 2. The largest absolute Gasteiger partial charge is 0.371 e. The van der Waals surface area contributed by atoms with Crippen LogP contribution in [0.15, 0.2) is 54.6 Å². The predicted molar refractivity (Wildman–Crippen MR) is 89.5 cm³/mol. The van der Waals surface area contributed by atoms with Crippen LogP contribution < -0.4 is 0 Å². The van der Waals surface area contributed by atoms with Gasteiger partial charge in [-0.05, 0) is 49.8 Å². The molecule has 2 aromatic rings. The average molecular weight is 282 g/mol. The molecule has 0 saturated heterocycles. The molecule has 0 amide bonds. The highest BCUT2D eigenvalue weighted by molar-refractivity contribution is 5.22. The van der Waals surface area contributed by atoms with Crippen molar-refractivity contribution in [1.29, 1.82) is 0 Å².